The summed E-state index contributed by atoms with van der Waals surface area (Å²) in [6, 6.07) is 16.0. The summed E-state index contributed by atoms with van der Waals surface area (Å²) in [5.74, 6) is 3.32. The van der Waals surface area contributed by atoms with Crippen LogP contribution in [0.3, 0.4) is 0 Å². The molecule has 0 saturated carbocycles. The molecule has 8 nitrogen and oxygen atoms in total. The molecule has 0 bridgehead atoms. The van der Waals surface area contributed by atoms with Gasteiger partial charge >= 0.3 is 12.1 Å². The first-order valence-corrected chi connectivity index (χ1v) is 9.21. The Kier molecular flexibility index (Phi) is 6.79. The van der Waals surface area contributed by atoms with Gasteiger partial charge in [-0.15, -0.1) is 22.5 Å². The number of benzene rings is 2. The zero-order valence-electron chi connectivity index (χ0n) is 16.4. The fourth-order valence-corrected chi connectivity index (χ4v) is 2.59. The number of carbonyl (C=O) groups excluding carboxylic acids is 2. The monoisotopic (exact) mass is 404 g/mol. The molecule has 0 atom stereocenters. The summed E-state index contributed by atoms with van der Waals surface area (Å²) in [6.45, 7) is 1.35. The van der Waals surface area contributed by atoms with E-state index >= 15 is 0 Å². The van der Waals surface area contributed by atoms with Crippen molar-refractivity contribution in [2.75, 3.05) is 0 Å². The van der Waals surface area contributed by atoms with Crippen molar-refractivity contribution in [3.05, 3.63) is 65.7 Å². The molecule has 2 aromatic carbocycles. The van der Waals surface area contributed by atoms with Crippen LogP contribution in [-0.4, -0.2) is 28.7 Å². The second-order valence-corrected chi connectivity index (χ2v) is 6.27. The number of rotatable bonds is 6. The highest BCUT2D eigenvalue weighted by molar-refractivity contribution is 6.05. The number of hydrogen-bond acceptors (Lipinski definition) is 7. The first-order valence-electron chi connectivity index (χ1n) is 9.21. The highest BCUT2D eigenvalue weighted by Gasteiger charge is 2.26. The standard InChI is InChI=1S/C22H20N4O4/c1-3-4-10-20-23-24-21(18-8-6-5-7-9-18)25-26(20)22(28)29-15-17-11-13-19(14-12-17)30-16(2)27/h1,5-9,11-14H,4,10,15H2,2H3,(H,24,25). The van der Waals surface area contributed by atoms with E-state index in [1.54, 1.807) is 24.3 Å². The van der Waals surface area contributed by atoms with Gasteiger partial charge in [-0.3, -0.25) is 10.2 Å². The molecule has 0 aliphatic carbocycles. The Morgan fingerprint density at radius 1 is 1.10 bits per heavy atom. The largest absolute Gasteiger partial charge is 0.443 e. The minimum absolute atomic E-state index is 0.0254. The number of ether oxygens (including phenoxy) is 2. The second-order valence-electron chi connectivity index (χ2n) is 6.27. The van der Waals surface area contributed by atoms with E-state index in [1.807, 2.05) is 30.3 Å². The molecule has 0 saturated heterocycles. The molecule has 0 radical (unpaired) electrons. The second kappa shape index (κ2) is 9.89. The molecule has 2 aromatic rings. The molecule has 30 heavy (non-hydrogen) atoms. The van der Waals surface area contributed by atoms with E-state index in [0.29, 0.717) is 30.3 Å². The maximum Gasteiger partial charge on any atom is 0.435 e. The van der Waals surface area contributed by atoms with Gasteiger partial charge in [0.05, 0.1) is 0 Å². The van der Waals surface area contributed by atoms with Gasteiger partial charge in [0.2, 0.25) is 0 Å². The van der Waals surface area contributed by atoms with E-state index in [1.165, 1.54) is 11.9 Å². The topological polar surface area (TPSA) is 92.6 Å². The molecule has 1 aliphatic rings. The van der Waals surface area contributed by atoms with Gasteiger partial charge in [0.1, 0.15) is 12.4 Å². The van der Waals surface area contributed by atoms with Crippen LogP contribution in [0.15, 0.2) is 64.8 Å². The van der Waals surface area contributed by atoms with Crippen LogP contribution < -0.4 is 10.2 Å². The highest BCUT2D eigenvalue weighted by atomic mass is 16.6. The number of carbonyl (C=O) groups is 2. The molecule has 0 fully saturated rings. The van der Waals surface area contributed by atoms with Crippen molar-refractivity contribution in [2.45, 2.75) is 26.4 Å². The van der Waals surface area contributed by atoms with Gasteiger partial charge in [-0.1, -0.05) is 42.5 Å². The molecule has 152 valence electrons. The van der Waals surface area contributed by atoms with Crippen LogP contribution in [-0.2, 0) is 16.1 Å². The third-order valence-corrected chi connectivity index (χ3v) is 4.01. The number of hydrazine groups is 1. The number of nitrogens with one attached hydrogen (secondary N) is 1. The van der Waals surface area contributed by atoms with Crippen LogP contribution >= 0.6 is 0 Å². The summed E-state index contributed by atoms with van der Waals surface area (Å²) in [5, 5.41) is 9.51. The summed E-state index contributed by atoms with van der Waals surface area (Å²) in [7, 11) is 0. The van der Waals surface area contributed by atoms with Crippen molar-refractivity contribution in [3.63, 3.8) is 0 Å². The van der Waals surface area contributed by atoms with Crippen LogP contribution in [0, 0.1) is 12.3 Å². The SMILES string of the molecule is C#CCCC1=NN=C(c2ccccc2)NN1C(=O)OCc1ccc(OC(C)=O)cc1. The first-order chi connectivity index (χ1) is 14.6. The lowest BCUT2D eigenvalue weighted by Crippen LogP contribution is -2.52. The lowest BCUT2D eigenvalue weighted by molar-refractivity contribution is -0.131. The molecule has 0 aromatic heterocycles. The Bertz CT molecular complexity index is 1010. The fraction of sp³-hybridized carbons (Fsp3) is 0.182. The zero-order chi connectivity index (χ0) is 21.3. The van der Waals surface area contributed by atoms with Crippen molar-refractivity contribution in [1.82, 2.24) is 10.4 Å². The lowest BCUT2D eigenvalue weighted by atomic mass is 10.2. The molecule has 8 heteroatoms. The smallest absolute Gasteiger partial charge is 0.435 e. The molecule has 3 rings (SSSR count). The summed E-state index contributed by atoms with van der Waals surface area (Å²) >= 11 is 0. The van der Waals surface area contributed by atoms with Crippen molar-refractivity contribution >= 4 is 23.7 Å². The van der Waals surface area contributed by atoms with E-state index in [9.17, 15) is 9.59 Å². The average Bonchev–Trinajstić information content (AvgIpc) is 2.77. The summed E-state index contributed by atoms with van der Waals surface area (Å²) < 4.78 is 10.4. The zero-order valence-corrected chi connectivity index (χ0v) is 16.4. The van der Waals surface area contributed by atoms with E-state index < -0.39 is 12.1 Å². The van der Waals surface area contributed by atoms with Crippen molar-refractivity contribution in [1.29, 1.82) is 0 Å². The van der Waals surface area contributed by atoms with Gasteiger partial charge in [0.15, 0.2) is 11.7 Å². The molecule has 0 spiro atoms. The highest BCUT2D eigenvalue weighted by Crippen LogP contribution is 2.14. The average molecular weight is 404 g/mol. The maximum absolute atomic E-state index is 12.7. The Hall–Kier alpha value is -4.12. The third kappa shape index (κ3) is 5.45. The lowest BCUT2D eigenvalue weighted by Gasteiger charge is -2.27. The normalized spacial score (nSPS) is 12.7. The summed E-state index contributed by atoms with van der Waals surface area (Å²) in [5.41, 5.74) is 4.45. The summed E-state index contributed by atoms with van der Waals surface area (Å²) in [4.78, 5) is 23.7. The number of nitrogens with zero attached hydrogens (tertiary/aromatic N) is 3. The van der Waals surface area contributed by atoms with Crippen molar-refractivity contribution in [2.24, 2.45) is 10.2 Å². The van der Waals surface area contributed by atoms with Crippen LogP contribution in [0.4, 0.5) is 4.79 Å². The molecule has 1 N–H and O–H groups in total. The third-order valence-electron chi connectivity index (χ3n) is 4.01. The number of terminal acetylenes is 1. The van der Waals surface area contributed by atoms with Crippen molar-refractivity contribution in [3.8, 4) is 18.1 Å². The van der Waals surface area contributed by atoms with E-state index in [0.717, 1.165) is 11.1 Å². The van der Waals surface area contributed by atoms with E-state index in [4.69, 9.17) is 15.9 Å². The van der Waals surface area contributed by atoms with Crippen LogP contribution in [0.25, 0.3) is 0 Å². The van der Waals surface area contributed by atoms with Gasteiger partial charge in [-0.25, -0.2) is 4.79 Å². The van der Waals surface area contributed by atoms with Crippen LogP contribution in [0.5, 0.6) is 5.75 Å². The molecule has 1 aliphatic heterocycles. The van der Waals surface area contributed by atoms with Crippen molar-refractivity contribution < 1.29 is 19.1 Å². The molecule has 1 amide bonds. The minimum Gasteiger partial charge on any atom is -0.443 e. The minimum atomic E-state index is -0.641. The Morgan fingerprint density at radius 2 is 1.83 bits per heavy atom. The van der Waals surface area contributed by atoms with Crippen LogP contribution in [0.2, 0.25) is 0 Å². The number of esters is 1. The van der Waals surface area contributed by atoms with Crippen LogP contribution in [0.1, 0.15) is 30.9 Å². The number of amidine groups is 2. The van der Waals surface area contributed by atoms with Gasteiger partial charge < -0.3 is 9.47 Å². The van der Waals surface area contributed by atoms with Gasteiger partial charge in [0.25, 0.3) is 0 Å². The Labute approximate surface area is 174 Å². The molecule has 1 heterocycles. The number of amides is 1. The van der Waals surface area contributed by atoms with E-state index in [2.05, 4.69) is 21.5 Å². The fourth-order valence-electron chi connectivity index (χ4n) is 2.59. The Morgan fingerprint density at radius 3 is 2.50 bits per heavy atom. The maximum atomic E-state index is 12.7. The number of hydrogen-bond donors (Lipinski definition) is 1. The quantitative estimate of drug-likeness (QED) is 0.453. The van der Waals surface area contributed by atoms with Gasteiger partial charge in [-0.2, -0.15) is 5.01 Å². The predicted octanol–water partition coefficient (Wildman–Crippen LogP) is 3.24. The van der Waals surface area contributed by atoms with Gasteiger partial charge in [-0.05, 0) is 17.7 Å². The molecule has 0 unspecified atom stereocenters. The predicted molar refractivity (Wildman–Crippen MR) is 111 cm³/mol. The van der Waals surface area contributed by atoms with Gasteiger partial charge in [0, 0.05) is 25.3 Å². The van der Waals surface area contributed by atoms with E-state index in [-0.39, 0.29) is 6.61 Å². The molecular weight excluding hydrogens is 384 g/mol. The Balaban J connectivity index is 1.68. The first kappa shape index (κ1) is 20.6. The molecular formula is C22H20N4O4. The summed E-state index contributed by atoms with van der Waals surface area (Å²) in [6.07, 6.45) is 5.46.